The second-order valence-corrected chi connectivity index (χ2v) is 7.34. The molecular weight excluding hydrogens is 400 g/mol. The molecule has 0 spiro atoms. The number of rotatable bonds is 4. The van der Waals surface area contributed by atoms with E-state index < -0.39 is 11.6 Å². The predicted molar refractivity (Wildman–Crippen MR) is 116 cm³/mol. The van der Waals surface area contributed by atoms with E-state index in [0.29, 0.717) is 38.4 Å². The minimum atomic E-state index is -0.431. The van der Waals surface area contributed by atoms with Gasteiger partial charge in [-0.1, -0.05) is 6.07 Å². The molecule has 2 aromatic heterocycles. The van der Waals surface area contributed by atoms with E-state index in [9.17, 15) is 8.78 Å². The van der Waals surface area contributed by atoms with Crippen LogP contribution in [-0.2, 0) is 6.54 Å². The van der Waals surface area contributed by atoms with Crippen molar-refractivity contribution in [3.63, 3.8) is 0 Å². The normalized spacial score (nSPS) is 14.8. The largest absolute Gasteiger partial charge is 0.366 e. The van der Waals surface area contributed by atoms with Crippen LogP contribution in [0.2, 0.25) is 0 Å². The van der Waals surface area contributed by atoms with E-state index in [1.807, 2.05) is 40.9 Å². The number of hydrogen-bond acceptors (Lipinski definition) is 4. The average molecular weight is 425 g/mol. The smallest absolute Gasteiger partial charge is 0.194 e. The fraction of sp³-hybridized carbons (Fsp3) is 0.318. The highest BCUT2D eigenvalue weighted by molar-refractivity contribution is 5.80. The SMILES string of the molecule is CN=C(NCc1ccc(-n2ccnc2C)nc1)N1CCN(c2cc(F)ccc2F)CC1. The number of nitrogens with zero attached hydrogens (tertiary/aromatic N) is 6. The highest BCUT2D eigenvalue weighted by atomic mass is 19.1. The fourth-order valence-corrected chi connectivity index (χ4v) is 3.68. The van der Waals surface area contributed by atoms with Gasteiger partial charge in [-0.2, -0.15) is 0 Å². The molecule has 0 unspecified atom stereocenters. The second kappa shape index (κ2) is 9.11. The standard InChI is InChI=1S/C22H25F2N7/c1-16-26-7-8-31(16)21-6-3-17(14-27-21)15-28-22(25-2)30-11-9-29(10-12-30)20-13-18(23)4-5-19(20)24/h3-8,13-14H,9-12,15H2,1-2H3,(H,25,28). The molecule has 31 heavy (non-hydrogen) atoms. The number of aryl methyl sites for hydroxylation is 1. The Morgan fingerprint density at radius 3 is 2.55 bits per heavy atom. The highest BCUT2D eigenvalue weighted by Crippen LogP contribution is 2.22. The van der Waals surface area contributed by atoms with Crippen LogP contribution in [0.15, 0.2) is 53.9 Å². The van der Waals surface area contributed by atoms with E-state index >= 15 is 0 Å². The topological polar surface area (TPSA) is 61.6 Å². The van der Waals surface area contributed by atoms with E-state index in [1.54, 1.807) is 13.2 Å². The molecule has 9 heteroatoms. The molecule has 7 nitrogen and oxygen atoms in total. The number of nitrogens with one attached hydrogen (secondary N) is 1. The summed E-state index contributed by atoms with van der Waals surface area (Å²) in [6.45, 7) is 5.01. The zero-order valence-electron chi connectivity index (χ0n) is 17.6. The molecule has 0 bridgehead atoms. The summed E-state index contributed by atoms with van der Waals surface area (Å²) in [7, 11) is 1.74. The quantitative estimate of drug-likeness (QED) is 0.515. The molecule has 0 radical (unpaired) electrons. The van der Waals surface area contributed by atoms with Crippen molar-refractivity contribution in [3.8, 4) is 5.82 Å². The number of aromatic nitrogens is 3. The van der Waals surface area contributed by atoms with Gasteiger partial charge in [0.1, 0.15) is 23.3 Å². The minimum absolute atomic E-state index is 0.307. The second-order valence-electron chi connectivity index (χ2n) is 7.34. The molecule has 1 N–H and O–H groups in total. The average Bonchev–Trinajstić information content (AvgIpc) is 3.22. The number of hydrogen-bond donors (Lipinski definition) is 1. The van der Waals surface area contributed by atoms with Crippen LogP contribution in [-0.4, -0.2) is 58.6 Å². The van der Waals surface area contributed by atoms with Crippen LogP contribution in [0, 0.1) is 18.6 Å². The van der Waals surface area contributed by atoms with Crippen molar-refractivity contribution < 1.29 is 8.78 Å². The maximum absolute atomic E-state index is 14.1. The third-order valence-corrected chi connectivity index (χ3v) is 5.37. The molecule has 1 saturated heterocycles. The Morgan fingerprint density at radius 2 is 1.90 bits per heavy atom. The molecule has 0 saturated carbocycles. The molecular formula is C22H25F2N7. The fourth-order valence-electron chi connectivity index (χ4n) is 3.68. The van der Waals surface area contributed by atoms with Gasteiger partial charge in [0.05, 0.1) is 5.69 Å². The molecule has 1 aliphatic rings. The Balaban J connectivity index is 1.33. The number of piperazine rings is 1. The van der Waals surface area contributed by atoms with Crippen LogP contribution in [0.1, 0.15) is 11.4 Å². The Kier molecular flexibility index (Phi) is 6.11. The van der Waals surface area contributed by atoms with Gasteiger partial charge < -0.3 is 15.1 Å². The summed E-state index contributed by atoms with van der Waals surface area (Å²) in [4.78, 5) is 17.1. The predicted octanol–water partition coefficient (Wildman–Crippen LogP) is 2.75. The number of benzene rings is 1. The van der Waals surface area contributed by atoms with E-state index in [2.05, 4.69) is 25.2 Å². The summed E-state index contributed by atoms with van der Waals surface area (Å²) in [5.41, 5.74) is 1.34. The van der Waals surface area contributed by atoms with Gasteiger partial charge in [-0.15, -0.1) is 0 Å². The van der Waals surface area contributed by atoms with Crippen molar-refractivity contribution in [2.75, 3.05) is 38.1 Å². The first-order valence-electron chi connectivity index (χ1n) is 10.2. The zero-order chi connectivity index (χ0) is 21.8. The summed E-state index contributed by atoms with van der Waals surface area (Å²) < 4.78 is 29.5. The van der Waals surface area contributed by atoms with Gasteiger partial charge in [0.25, 0.3) is 0 Å². The lowest BCUT2D eigenvalue weighted by Gasteiger charge is -2.37. The molecule has 0 aliphatic carbocycles. The maximum atomic E-state index is 14.1. The lowest BCUT2D eigenvalue weighted by atomic mass is 10.2. The van der Waals surface area contributed by atoms with E-state index in [4.69, 9.17) is 0 Å². The first kappa shape index (κ1) is 20.8. The molecule has 4 rings (SSSR count). The Bertz CT molecular complexity index is 1050. The van der Waals surface area contributed by atoms with Gasteiger partial charge in [0.15, 0.2) is 5.96 Å². The summed E-state index contributed by atoms with van der Waals surface area (Å²) in [6, 6.07) is 7.54. The zero-order valence-corrected chi connectivity index (χ0v) is 17.6. The van der Waals surface area contributed by atoms with Gasteiger partial charge in [0, 0.05) is 64.4 Å². The van der Waals surface area contributed by atoms with Gasteiger partial charge in [0.2, 0.25) is 0 Å². The van der Waals surface area contributed by atoms with Crippen LogP contribution in [0.3, 0.4) is 0 Å². The Hall–Kier alpha value is -3.49. The van der Waals surface area contributed by atoms with Crippen molar-refractivity contribution in [2.24, 2.45) is 4.99 Å². The van der Waals surface area contributed by atoms with Crippen molar-refractivity contribution in [3.05, 3.63) is 71.9 Å². The van der Waals surface area contributed by atoms with Crippen LogP contribution in [0.25, 0.3) is 5.82 Å². The van der Waals surface area contributed by atoms with Crippen molar-refractivity contribution in [2.45, 2.75) is 13.5 Å². The summed E-state index contributed by atoms with van der Waals surface area (Å²) in [5.74, 6) is 1.65. The lowest BCUT2D eigenvalue weighted by Crippen LogP contribution is -2.52. The maximum Gasteiger partial charge on any atom is 0.194 e. The van der Waals surface area contributed by atoms with Gasteiger partial charge in [-0.25, -0.2) is 18.7 Å². The lowest BCUT2D eigenvalue weighted by molar-refractivity contribution is 0.370. The van der Waals surface area contributed by atoms with Gasteiger partial charge in [-0.3, -0.25) is 9.56 Å². The molecule has 3 heterocycles. The number of halogens is 2. The van der Waals surface area contributed by atoms with Crippen molar-refractivity contribution >= 4 is 11.6 Å². The van der Waals surface area contributed by atoms with Gasteiger partial charge in [-0.05, 0) is 30.7 Å². The molecule has 3 aromatic rings. The number of aliphatic imine (C=N–C) groups is 1. The Labute approximate surface area is 180 Å². The van der Waals surface area contributed by atoms with Crippen molar-refractivity contribution in [1.29, 1.82) is 0 Å². The summed E-state index contributed by atoms with van der Waals surface area (Å²) in [6.07, 6.45) is 5.46. The first-order valence-corrected chi connectivity index (χ1v) is 10.2. The van der Waals surface area contributed by atoms with Crippen LogP contribution >= 0.6 is 0 Å². The minimum Gasteiger partial charge on any atom is -0.366 e. The van der Waals surface area contributed by atoms with Crippen LogP contribution in [0.5, 0.6) is 0 Å². The molecule has 1 aliphatic heterocycles. The number of pyridine rings is 1. The molecule has 0 atom stereocenters. The van der Waals surface area contributed by atoms with Crippen molar-refractivity contribution in [1.82, 2.24) is 24.8 Å². The monoisotopic (exact) mass is 425 g/mol. The third-order valence-electron chi connectivity index (χ3n) is 5.37. The van der Waals surface area contributed by atoms with Gasteiger partial charge >= 0.3 is 0 Å². The third kappa shape index (κ3) is 4.65. The van der Waals surface area contributed by atoms with E-state index in [1.165, 1.54) is 12.1 Å². The van der Waals surface area contributed by atoms with E-state index in [0.717, 1.165) is 29.2 Å². The number of guanidine groups is 1. The van der Waals surface area contributed by atoms with Crippen LogP contribution < -0.4 is 10.2 Å². The summed E-state index contributed by atoms with van der Waals surface area (Å²) in [5, 5.41) is 3.36. The molecule has 1 aromatic carbocycles. The number of imidazole rings is 1. The van der Waals surface area contributed by atoms with Crippen LogP contribution in [0.4, 0.5) is 14.5 Å². The highest BCUT2D eigenvalue weighted by Gasteiger charge is 2.22. The summed E-state index contributed by atoms with van der Waals surface area (Å²) >= 11 is 0. The molecule has 162 valence electrons. The molecule has 0 amide bonds. The van der Waals surface area contributed by atoms with E-state index in [-0.39, 0.29) is 0 Å². The first-order chi connectivity index (χ1) is 15.0. The molecule has 1 fully saturated rings. The Morgan fingerprint density at radius 1 is 1.10 bits per heavy atom. The number of anilines is 1.